The van der Waals surface area contributed by atoms with Crippen LogP contribution in [0.1, 0.15) is 23.2 Å². The van der Waals surface area contributed by atoms with Gasteiger partial charge in [0.2, 0.25) is 5.88 Å². The highest BCUT2D eigenvalue weighted by atomic mass is 32.1. The maximum atomic E-state index is 12.7. The van der Waals surface area contributed by atoms with Gasteiger partial charge >= 0.3 is 0 Å². The molecule has 3 aromatic heterocycles. The number of thiophene rings is 1. The van der Waals surface area contributed by atoms with Crippen molar-refractivity contribution in [2.24, 2.45) is 0 Å². The van der Waals surface area contributed by atoms with Crippen LogP contribution < -0.4 is 10.1 Å². The molecule has 0 saturated carbocycles. The lowest BCUT2D eigenvalue weighted by atomic mass is 10.1. The molecule has 1 aliphatic heterocycles. The van der Waals surface area contributed by atoms with Crippen LogP contribution in [-0.4, -0.2) is 47.0 Å². The first kappa shape index (κ1) is 16.9. The molecular formula is C19H20N4O2S. The maximum absolute atomic E-state index is 12.7. The van der Waals surface area contributed by atoms with Crippen LogP contribution in [0.2, 0.25) is 0 Å². The fraction of sp³-hybridized carbons (Fsp3) is 0.316. The number of ether oxygens (including phenoxy) is 1. The quantitative estimate of drug-likeness (QED) is 0.764. The molecule has 0 unspecified atom stereocenters. The Morgan fingerprint density at radius 2 is 2.15 bits per heavy atom. The first-order chi connectivity index (χ1) is 12.7. The molecule has 26 heavy (non-hydrogen) atoms. The number of likely N-dealkylation sites (tertiary alicyclic amines) is 1. The molecule has 4 heterocycles. The van der Waals surface area contributed by atoms with Crippen LogP contribution in [0.4, 0.5) is 5.69 Å². The van der Waals surface area contributed by atoms with Crippen molar-refractivity contribution in [2.75, 3.05) is 25.5 Å². The van der Waals surface area contributed by atoms with Crippen molar-refractivity contribution in [3.63, 3.8) is 0 Å². The van der Waals surface area contributed by atoms with Gasteiger partial charge < -0.3 is 15.0 Å². The molecule has 0 radical (unpaired) electrons. The highest BCUT2D eigenvalue weighted by Crippen LogP contribution is 2.24. The predicted molar refractivity (Wildman–Crippen MR) is 103 cm³/mol. The van der Waals surface area contributed by atoms with E-state index in [2.05, 4.69) is 27.2 Å². The summed E-state index contributed by atoms with van der Waals surface area (Å²) >= 11 is 1.57. The zero-order valence-electron chi connectivity index (χ0n) is 14.5. The number of fused-ring (bicyclic) bond motifs is 1. The van der Waals surface area contributed by atoms with Crippen molar-refractivity contribution in [3.8, 4) is 5.88 Å². The molecule has 3 aromatic rings. The standard InChI is InChI=1S/C19H20N4O2S/c1-23-7-3-14(4-8-23)25-18-10-13(2-6-21-18)22-19(24)16-11-20-12-17-15(16)5-9-26-17/h2,5-6,9-12,14H,3-4,7-8H2,1H3,(H,21,22,24). The number of hydrogen-bond acceptors (Lipinski definition) is 6. The van der Waals surface area contributed by atoms with Gasteiger partial charge in [-0.25, -0.2) is 4.98 Å². The Balaban J connectivity index is 1.46. The number of piperidine rings is 1. The zero-order valence-corrected chi connectivity index (χ0v) is 15.3. The number of nitrogens with one attached hydrogen (secondary N) is 1. The monoisotopic (exact) mass is 368 g/mol. The van der Waals surface area contributed by atoms with Gasteiger partial charge in [0.1, 0.15) is 6.10 Å². The molecule has 134 valence electrons. The summed E-state index contributed by atoms with van der Waals surface area (Å²) < 4.78 is 6.99. The lowest BCUT2D eigenvalue weighted by Crippen LogP contribution is -2.35. The SMILES string of the molecule is CN1CCC(Oc2cc(NC(=O)c3cncc4sccc34)ccn2)CC1. The number of amides is 1. The fourth-order valence-corrected chi connectivity index (χ4v) is 3.87. The van der Waals surface area contributed by atoms with Gasteiger partial charge in [-0.1, -0.05) is 0 Å². The normalized spacial score (nSPS) is 15.9. The summed E-state index contributed by atoms with van der Waals surface area (Å²) in [6.07, 6.45) is 7.18. The number of nitrogens with zero attached hydrogens (tertiary/aromatic N) is 3. The number of hydrogen-bond donors (Lipinski definition) is 1. The smallest absolute Gasteiger partial charge is 0.257 e. The average Bonchev–Trinajstić information content (AvgIpc) is 3.12. The molecule has 4 rings (SSSR count). The molecule has 6 nitrogen and oxygen atoms in total. The van der Waals surface area contributed by atoms with E-state index in [4.69, 9.17) is 4.74 Å². The molecule has 1 aliphatic rings. The summed E-state index contributed by atoms with van der Waals surface area (Å²) in [5.41, 5.74) is 1.23. The number of pyridine rings is 2. The molecule has 1 N–H and O–H groups in total. The molecule has 0 aliphatic carbocycles. The van der Waals surface area contributed by atoms with Crippen LogP contribution in [0.15, 0.2) is 42.2 Å². The lowest BCUT2D eigenvalue weighted by molar-refractivity contribution is 0.102. The molecule has 7 heteroatoms. The number of carbonyl (C=O) groups is 1. The zero-order chi connectivity index (χ0) is 17.9. The van der Waals surface area contributed by atoms with Crippen LogP contribution in [0.5, 0.6) is 5.88 Å². The van der Waals surface area contributed by atoms with Crippen molar-refractivity contribution in [1.82, 2.24) is 14.9 Å². The van der Waals surface area contributed by atoms with Crippen molar-refractivity contribution in [2.45, 2.75) is 18.9 Å². The Kier molecular flexibility index (Phi) is 4.81. The largest absolute Gasteiger partial charge is 0.474 e. The van der Waals surface area contributed by atoms with Crippen LogP contribution >= 0.6 is 11.3 Å². The van der Waals surface area contributed by atoms with E-state index in [1.54, 1.807) is 42.1 Å². The first-order valence-corrected chi connectivity index (χ1v) is 9.51. The van der Waals surface area contributed by atoms with Gasteiger partial charge in [-0.05, 0) is 37.4 Å². The van der Waals surface area contributed by atoms with Gasteiger partial charge in [-0.2, -0.15) is 0 Å². The Morgan fingerprint density at radius 1 is 1.31 bits per heavy atom. The summed E-state index contributed by atoms with van der Waals surface area (Å²) in [6.45, 7) is 2.05. The van der Waals surface area contributed by atoms with Crippen molar-refractivity contribution < 1.29 is 9.53 Å². The summed E-state index contributed by atoms with van der Waals surface area (Å²) in [4.78, 5) is 23.4. The lowest BCUT2D eigenvalue weighted by Gasteiger charge is -2.28. The van der Waals surface area contributed by atoms with E-state index >= 15 is 0 Å². The fourth-order valence-electron chi connectivity index (χ4n) is 3.10. The summed E-state index contributed by atoms with van der Waals surface area (Å²) in [7, 11) is 2.12. The number of carbonyl (C=O) groups excluding carboxylic acids is 1. The van der Waals surface area contributed by atoms with Crippen molar-refractivity contribution >= 4 is 33.0 Å². The van der Waals surface area contributed by atoms with Crippen LogP contribution in [-0.2, 0) is 0 Å². The minimum Gasteiger partial charge on any atom is -0.474 e. The molecule has 0 spiro atoms. The van der Waals surface area contributed by atoms with E-state index < -0.39 is 0 Å². The second-order valence-corrected chi connectivity index (χ2v) is 7.42. The summed E-state index contributed by atoms with van der Waals surface area (Å²) in [6, 6.07) is 5.48. The highest BCUT2D eigenvalue weighted by molar-refractivity contribution is 7.17. The first-order valence-electron chi connectivity index (χ1n) is 8.63. The van der Waals surface area contributed by atoms with Gasteiger partial charge in [0.25, 0.3) is 5.91 Å². The third-order valence-corrected chi connectivity index (χ3v) is 5.42. The van der Waals surface area contributed by atoms with Crippen LogP contribution in [0.25, 0.3) is 10.1 Å². The van der Waals surface area contributed by atoms with Gasteiger partial charge in [0.05, 0.1) is 10.3 Å². The van der Waals surface area contributed by atoms with Gasteiger partial charge in [0.15, 0.2) is 0 Å². The van der Waals surface area contributed by atoms with E-state index in [0.717, 1.165) is 36.0 Å². The van der Waals surface area contributed by atoms with E-state index in [-0.39, 0.29) is 12.0 Å². The summed E-state index contributed by atoms with van der Waals surface area (Å²) in [5, 5.41) is 5.80. The van der Waals surface area contributed by atoms with Crippen molar-refractivity contribution in [1.29, 1.82) is 0 Å². The van der Waals surface area contributed by atoms with Gasteiger partial charge in [-0.3, -0.25) is 9.78 Å². The molecule has 0 aromatic carbocycles. The minimum absolute atomic E-state index is 0.174. The number of anilines is 1. The average molecular weight is 368 g/mol. The highest BCUT2D eigenvalue weighted by Gasteiger charge is 2.19. The molecule has 1 amide bonds. The number of aromatic nitrogens is 2. The Hall–Kier alpha value is -2.51. The molecular weight excluding hydrogens is 348 g/mol. The van der Waals surface area contributed by atoms with Crippen molar-refractivity contribution in [3.05, 3.63) is 47.7 Å². The summed E-state index contributed by atoms with van der Waals surface area (Å²) in [5.74, 6) is 0.363. The van der Waals surface area contributed by atoms with E-state index in [1.165, 1.54) is 0 Å². The van der Waals surface area contributed by atoms with Crippen LogP contribution in [0, 0.1) is 0 Å². The molecule has 0 atom stereocenters. The molecule has 1 saturated heterocycles. The number of rotatable bonds is 4. The minimum atomic E-state index is -0.182. The molecule has 0 bridgehead atoms. The predicted octanol–water partition coefficient (Wildman–Crippen LogP) is 3.42. The van der Waals surface area contributed by atoms with E-state index in [9.17, 15) is 4.79 Å². The third kappa shape index (κ3) is 3.68. The van der Waals surface area contributed by atoms with Crippen LogP contribution in [0.3, 0.4) is 0 Å². The maximum Gasteiger partial charge on any atom is 0.257 e. The third-order valence-electron chi connectivity index (χ3n) is 4.57. The second-order valence-electron chi connectivity index (χ2n) is 6.48. The van der Waals surface area contributed by atoms with Gasteiger partial charge in [-0.15, -0.1) is 11.3 Å². The Bertz CT molecular complexity index is 919. The topological polar surface area (TPSA) is 67.3 Å². The Morgan fingerprint density at radius 3 is 3.00 bits per heavy atom. The molecule has 1 fully saturated rings. The van der Waals surface area contributed by atoms with E-state index in [1.807, 2.05) is 11.4 Å². The second kappa shape index (κ2) is 7.39. The van der Waals surface area contributed by atoms with E-state index in [0.29, 0.717) is 17.1 Å². The Labute approximate surface area is 155 Å². The van der Waals surface area contributed by atoms with Gasteiger partial charge in [0, 0.05) is 48.8 Å².